The van der Waals surface area contributed by atoms with E-state index in [1.165, 1.54) is 38.5 Å². The Hall–Kier alpha value is -2.41. The van der Waals surface area contributed by atoms with E-state index in [2.05, 4.69) is 41.2 Å². The average molecular weight is 518 g/mol. The van der Waals surface area contributed by atoms with Crippen LogP contribution < -0.4 is 0 Å². The van der Waals surface area contributed by atoms with Crippen molar-refractivity contribution in [2.45, 2.75) is 103 Å². The molecule has 0 amide bonds. The molecule has 7 nitrogen and oxygen atoms in total. The lowest BCUT2D eigenvalue weighted by atomic mass is 10.1. The first kappa shape index (κ1) is 32.6. The van der Waals surface area contributed by atoms with Crippen LogP contribution in [0.25, 0.3) is 0 Å². The number of ether oxygens (including phenoxy) is 2. The van der Waals surface area contributed by atoms with E-state index in [1.807, 2.05) is 25.9 Å². The zero-order chi connectivity index (χ0) is 27.1. The molecule has 1 aromatic rings. The van der Waals surface area contributed by atoms with Gasteiger partial charge in [-0.2, -0.15) is 0 Å². The quantitative estimate of drug-likeness (QED) is 0.109. The molecule has 0 saturated carbocycles. The smallest absolute Gasteiger partial charge is 0.323 e. The summed E-state index contributed by atoms with van der Waals surface area (Å²) < 4.78 is 10.9. The summed E-state index contributed by atoms with van der Waals surface area (Å²) in [5.74, 6) is -0.510. The van der Waals surface area contributed by atoms with Gasteiger partial charge in [-0.25, -0.2) is 4.98 Å². The van der Waals surface area contributed by atoms with Crippen LogP contribution in [0.1, 0.15) is 96.6 Å². The van der Waals surface area contributed by atoms with E-state index < -0.39 is 6.04 Å². The number of nitrogens with zero attached hydrogens (tertiary/aromatic N) is 2. The summed E-state index contributed by atoms with van der Waals surface area (Å²) in [6, 6.07) is -0.395. The van der Waals surface area contributed by atoms with Gasteiger partial charge in [-0.15, -0.1) is 0 Å². The molecule has 0 aliphatic heterocycles. The van der Waals surface area contributed by atoms with Crippen LogP contribution in [-0.4, -0.2) is 60.2 Å². The molecule has 0 aromatic carbocycles. The van der Waals surface area contributed by atoms with Crippen molar-refractivity contribution in [3.63, 3.8) is 0 Å². The predicted molar refractivity (Wildman–Crippen MR) is 150 cm³/mol. The number of allylic oxidation sites excluding steroid dienone is 4. The molecule has 1 heterocycles. The van der Waals surface area contributed by atoms with Gasteiger partial charge in [0.05, 0.1) is 19.5 Å². The fourth-order valence-electron chi connectivity index (χ4n) is 3.84. The van der Waals surface area contributed by atoms with Gasteiger partial charge in [0, 0.05) is 30.7 Å². The number of likely N-dealkylation sites (N-methyl/N-ethyl adjacent to an activating group) is 1. The molecular weight excluding hydrogens is 466 g/mol. The van der Waals surface area contributed by atoms with Crippen molar-refractivity contribution in [1.29, 1.82) is 0 Å². The second-order valence-corrected chi connectivity index (χ2v) is 10.2. The number of hydrogen-bond acceptors (Lipinski definition) is 6. The molecule has 0 bridgehead atoms. The molecule has 0 radical (unpaired) electrons. The molecular formula is C30H51N3O4. The SMILES string of the molecule is CCCCC/C=C\C/C=C\CCCCCCCC(=O)OCC(C)COC(=O)[C@H](Cc1cnc[nH]1)N(C)C. The van der Waals surface area contributed by atoms with Gasteiger partial charge in [0.2, 0.25) is 0 Å². The first-order valence-electron chi connectivity index (χ1n) is 14.2. The number of aromatic amines is 1. The van der Waals surface area contributed by atoms with E-state index in [0.717, 1.165) is 37.8 Å². The summed E-state index contributed by atoms with van der Waals surface area (Å²) in [5.41, 5.74) is 0.880. The second-order valence-electron chi connectivity index (χ2n) is 10.2. The average Bonchev–Trinajstić information content (AvgIpc) is 3.40. The Kier molecular flexibility index (Phi) is 19.1. The van der Waals surface area contributed by atoms with E-state index in [1.54, 1.807) is 12.5 Å². The lowest BCUT2D eigenvalue weighted by molar-refractivity contribution is -0.152. The van der Waals surface area contributed by atoms with Crippen molar-refractivity contribution < 1.29 is 19.1 Å². The fourth-order valence-corrected chi connectivity index (χ4v) is 3.84. The molecule has 0 spiro atoms. The third kappa shape index (κ3) is 17.6. The monoisotopic (exact) mass is 517 g/mol. The molecule has 0 aliphatic rings. The number of H-pyrrole nitrogens is 1. The third-order valence-corrected chi connectivity index (χ3v) is 6.23. The number of esters is 2. The topological polar surface area (TPSA) is 84.5 Å². The molecule has 0 aliphatic carbocycles. The molecule has 2 atom stereocenters. The van der Waals surface area contributed by atoms with Crippen LogP contribution in [0.15, 0.2) is 36.8 Å². The van der Waals surface area contributed by atoms with E-state index in [0.29, 0.717) is 12.8 Å². The minimum Gasteiger partial charge on any atom is -0.465 e. The maximum Gasteiger partial charge on any atom is 0.323 e. The predicted octanol–water partition coefficient (Wildman–Crippen LogP) is 6.42. The molecule has 0 saturated heterocycles. The fraction of sp³-hybridized carbons (Fsp3) is 0.700. The molecule has 1 rings (SSSR count). The number of aromatic nitrogens is 2. The summed E-state index contributed by atoms with van der Waals surface area (Å²) in [4.78, 5) is 33.4. The molecule has 210 valence electrons. The van der Waals surface area contributed by atoms with Crippen molar-refractivity contribution >= 4 is 11.9 Å². The molecule has 37 heavy (non-hydrogen) atoms. The largest absolute Gasteiger partial charge is 0.465 e. The van der Waals surface area contributed by atoms with E-state index in [9.17, 15) is 9.59 Å². The van der Waals surface area contributed by atoms with Gasteiger partial charge in [-0.1, -0.05) is 70.3 Å². The van der Waals surface area contributed by atoms with Crippen LogP contribution in [0.3, 0.4) is 0 Å². The molecule has 7 heteroatoms. The number of rotatable bonds is 22. The number of carbonyl (C=O) groups excluding carboxylic acids is 2. The Balaban J connectivity index is 2.02. The number of hydrogen-bond donors (Lipinski definition) is 1. The van der Waals surface area contributed by atoms with Gasteiger partial charge in [0.15, 0.2) is 0 Å². The van der Waals surface area contributed by atoms with Crippen LogP contribution in [-0.2, 0) is 25.5 Å². The van der Waals surface area contributed by atoms with Gasteiger partial charge >= 0.3 is 11.9 Å². The Morgan fingerprint density at radius 2 is 1.59 bits per heavy atom. The van der Waals surface area contributed by atoms with Crippen LogP contribution in [0.4, 0.5) is 0 Å². The number of nitrogens with one attached hydrogen (secondary N) is 1. The normalized spacial score (nSPS) is 13.4. The number of unbranched alkanes of at least 4 members (excludes halogenated alkanes) is 8. The standard InChI is InChI=1S/C30H51N3O4/c1-5-6-7-8-9-10-11-12-13-14-15-16-17-18-19-20-29(34)36-23-26(2)24-37-30(35)28(33(3)4)21-27-22-31-25-32-27/h9-10,12-13,22,25-26,28H,5-8,11,14-21,23-24H2,1-4H3,(H,31,32)/b10-9-,13-12-/t26?,28-/m0/s1. The lowest BCUT2D eigenvalue weighted by Crippen LogP contribution is -2.39. The van der Waals surface area contributed by atoms with E-state index >= 15 is 0 Å². The second kappa shape index (κ2) is 21.7. The van der Waals surface area contributed by atoms with E-state index in [4.69, 9.17) is 9.47 Å². The summed E-state index contributed by atoms with van der Waals surface area (Å²) in [7, 11) is 3.70. The van der Waals surface area contributed by atoms with Crippen LogP contribution in [0.5, 0.6) is 0 Å². The highest BCUT2D eigenvalue weighted by atomic mass is 16.5. The molecule has 1 N–H and O–H groups in total. The highest BCUT2D eigenvalue weighted by Crippen LogP contribution is 2.10. The summed E-state index contributed by atoms with van der Waals surface area (Å²) >= 11 is 0. The zero-order valence-electron chi connectivity index (χ0n) is 23.8. The van der Waals surface area contributed by atoms with Gasteiger partial charge in [0.25, 0.3) is 0 Å². The molecule has 1 unspecified atom stereocenters. The van der Waals surface area contributed by atoms with E-state index in [-0.39, 0.29) is 31.1 Å². The third-order valence-electron chi connectivity index (χ3n) is 6.23. The summed E-state index contributed by atoms with van der Waals surface area (Å²) in [6.45, 7) is 4.64. The molecule has 0 fully saturated rings. The number of imidazole rings is 1. The first-order chi connectivity index (χ1) is 17.9. The minimum atomic E-state index is -0.395. The lowest BCUT2D eigenvalue weighted by Gasteiger charge is -2.23. The van der Waals surface area contributed by atoms with Crippen molar-refractivity contribution in [3.05, 3.63) is 42.5 Å². The van der Waals surface area contributed by atoms with Crippen molar-refractivity contribution in [1.82, 2.24) is 14.9 Å². The van der Waals surface area contributed by atoms with Gasteiger partial charge in [0.1, 0.15) is 6.04 Å². The van der Waals surface area contributed by atoms with Crippen LogP contribution in [0, 0.1) is 5.92 Å². The van der Waals surface area contributed by atoms with Crippen molar-refractivity contribution in [3.8, 4) is 0 Å². The van der Waals surface area contributed by atoms with Crippen LogP contribution in [0.2, 0.25) is 0 Å². The van der Waals surface area contributed by atoms with Crippen LogP contribution >= 0.6 is 0 Å². The highest BCUT2D eigenvalue weighted by molar-refractivity contribution is 5.76. The summed E-state index contributed by atoms with van der Waals surface area (Å²) in [6.07, 6.45) is 26.1. The minimum absolute atomic E-state index is 0.0486. The Bertz CT molecular complexity index is 759. The number of carbonyl (C=O) groups is 2. The van der Waals surface area contributed by atoms with Gasteiger partial charge < -0.3 is 14.5 Å². The maximum atomic E-state index is 12.5. The van der Waals surface area contributed by atoms with Crippen molar-refractivity contribution in [2.24, 2.45) is 5.92 Å². The summed E-state index contributed by atoms with van der Waals surface area (Å²) in [5, 5.41) is 0. The Labute approximate surface area is 225 Å². The first-order valence-corrected chi connectivity index (χ1v) is 14.2. The molecule has 1 aromatic heterocycles. The highest BCUT2D eigenvalue weighted by Gasteiger charge is 2.24. The Morgan fingerprint density at radius 3 is 2.24 bits per heavy atom. The van der Waals surface area contributed by atoms with Gasteiger partial charge in [-0.3, -0.25) is 14.5 Å². The van der Waals surface area contributed by atoms with Gasteiger partial charge in [-0.05, 0) is 52.6 Å². The maximum absolute atomic E-state index is 12.5. The Morgan fingerprint density at radius 1 is 0.946 bits per heavy atom. The van der Waals surface area contributed by atoms with Crippen molar-refractivity contribution in [2.75, 3.05) is 27.3 Å². The zero-order valence-corrected chi connectivity index (χ0v) is 23.8.